The van der Waals surface area contributed by atoms with E-state index in [4.69, 9.17) is 23.2 Å². The third-order valence-corrected chi connectivity index (χ3v) is 9.08. The van der Waals surface area contributed by atoms with E-state index in [9.17, 15) is 13.2 Å². The van der Waals surface area contributed by atoms with Gasteiger partial charge < -0.3 is 4.57 Å². The van der Waals surface area contributed by atoms with Crippen LogP contribution in [0.4, 0.5) is 0 Å². The highest BCUT2D eigenvalue weighted by molar-refractivity contribution is 7.89. The maximum Gasteiger partial charge on any atom is 0.252 e. The van der Waals surface area contributed by atoms with Gasteiger partial charge in [-0.15, -0.1) is 6.58 Å². The molecular weight excluding hydrogens is 489 g/mol. The Morgan fingerprint density at radius 2 is 1.91 bits per heavy atom. The normalized spacial score (nSPS) is 18.2. The first-order chi connectivity index (χ1) is 15.3. The van der Waals surface area contributed by atoms with Crippen molar-refractivity contribution in [2.45, 2.75) is 24.3 Å². The van der Waals surface area contributed by atoms with Gasteiger partial charge in [0.2, 0.25) is 10.0 Å². The Labute approximate surface area is 200 Å². The number of benzene rings is 2. The van der Waals surface area contributed by atoms with Crippen LogP contribution in [0.1, 0.15) is 12.8 Å². The Morgan fingerprint density at radius 1 is 1.19 bits per heavy atom. The van der Waals surface area contributed by atoms with Crippen molar-refractivity contribution in [3.63, 3.8) is 0 Å². The van der Waals surface area contributed by atoms with Crippen LogP contribution in [0, 0.1) is 5.92 Å². The summed E-state index contributed by atoms with van der Waals surface area (Å²) < 4.78 is 29.9. The zero-order chi connectivity index (χ0) is 22.9. The van der Waals surface area contributed by atoms with E-state index in [0.29, 0.717) is 46.3 Å². The van der Waals surface area contributed by atoms with Crippen LogP contribution >= 0.6 is 34.5 Å². The average Bonchev–Trinajstić information content (AvgIpc) is 3.16. The van der Waals surface area contributed by atoms with E-state index in [1.165, 1.54) is 15.6 Å². The maximum absolute atomic E-state index is 13.1. The second-order valence-corrected chi connectivity index (χ2v) is 11.2. The number of thiazole rings is 1. The van der Waals surface area contributed by atoms with E-state index < -0.39 is 15.9 Å². The van der Waals surface area contributed by atoms with Gasteiger partial charge in [0.05, 0.1) is 31.1 Å². The molecule has 0 aliphatic carbocycles. The quantitative estimate of drug-likeness (QED) is 0.467. The number of allylic oxidation sites excluding steroid dienone is 1. The van der Waals surface area contributed by atoms with Crippen LogP contribution in [0.3, 0.4) is 0 Å². The van der Waals surface area contributed by atoms with Crippen molar-refractivity contribution >= 4 is 60.7 Å². The number of rotatable bonds is 5. The molecule has 0 radical (unpaired) electrons. The van der Waals surface area contributed by atoms with Crippen LogP contribution in [0.25, 0.3) is 10.2 Å². The number of amides is 1. The molecule has 1 fully saturated rings. The Balaban J connectivity index is 1.67. The highest BCUT2D eigenvalue weighted by atomic mass is 35.5. The topological polar surface area (TPSA) is 71.7 Å². The molecular formula is C22H21Cl2N3O3S2. The van der Waals surface area contributed by atoms with Crippen LogP contribution in [-0.4, -0.2) is 36.3 Å². The summed E-state index contributed by atoms with van der Waals surface area (Å²) in [7, 11) is -3.66. The lowest BCUT2D eigenvalue weighted by Gasteiger charge is -2.30. The monoisotopic (exact) mass is 509 g/mol. The van der Waals surface area contributed by atoms with E-state index >= 15 is 0 Å². The van der Waals surface area contributed by atoms with Gasteiger partial charge in [-0.1, -0.05) is 58.8 Å². The molecule has 1 aliphatic heterocycles. The molecule has 3 aromatic rings. The number of hydrogen-bond donors (Lipinski definition) is 0. The van der Waals surface area contributed by atoms with Gasteiger partial charge in [0, 0.05) is 19.6 Å². The summed E-state index contributed by atoms with van der Waals surface area (Å²) in [4.78, 5) is 18.1. The van der Waals surface area contributed by atoms with Crippen molar-refractivity contribution in [2.24, 2.45) is 10.9 Å². The van der Waals surface area contributed by atoms with Gasteiger partial charge >= 0.3 is 0 Å². The molecule has 4 rings (SSSR count). The number of sulfonamides is 1. The first kappa shape index (κ1) is 23.2. The van der Waals surface area contributed by atoms with E-state index in [1.807, 2.05) is 0 Å². The van der Waals surface area contributed by atoms with E-state index in [2.05, 4.69) is 11.6 Å². The predicted octanol–water partition coefficient (Wildman–Crippen LogP) is 4.72. The number of carbonyl (C=O) groups excluding carboxylic acids is 1. The lowest BCUT2D eigenvalue weighted by Crippen LogP contribution is -2.42. The first-order valence-corrected chi connectivity index (χ1v) is 13.1. The standard InChI is InChI=1S/C22H21Cl2N3O3S2/c1-2-12-27-19-17(23)10-11-18(24)20(19)31-22(27)25-21(28)15-7-6-13-26(14-15)32(29,30)16-8-4-3-5-9-16/h2-5,8-11,15H,1,6-7,12-14H2. The minimum absolute atomic E-state index is 0.105. The largest absolute Gasteiger partial charge is 0.311 e. The zero-order valence-corrected chi connectivity index (χ0v) is 20.2. The second-order valence-electron chi connectivity index (χ2n) is 7.46. The van der Waals surface area contributed by atoms with Gasteiger partial charge in [-0.3, -0.25) is 4.79 Å². The molecule has 1 aliphatic rings. The van der Waals surface area contributed by atoms with Gasteiger partial charge in [0.1, 0.15) is 0 Å². The molecule has 1 aromatic heterocycles. The van der Waals surface area contributed by atoms with Crippen molar-refractivity contribution in [3.8, 4) is 0 Å². The Kier molecular flexibility index (Phi) is 6.88. The molecule has 2 aromatic carbocycles. The Bertz CT molecular complexity index is 1350. The van der Waals surface area contributed by atoms with Crippen molar-refractivity contribution in [3.05, 3.63) is 70.0 Å². The third kappa shape index (κ3) is 4.43. The summed E-state index contributed by atoms with van der Waals surface area (Å²) in [6.45, 7) is 4.67. The smallest absolute Gasteiger partial charge is 0.252 e. The van der Waals surface area contributed by atoms with Crippen molar-refractivity contribution in [2.75, 3.05) is 13.1 Å². The molecule has 0 bridgehead atoms. The summed E-state index contributed by atoms with van der Waals surface area (Å²) >= 11 is 14.0. The molecule has 2 heterocycles. The van der Waals surface area contributed by atoms with E-state index in [1.54, 1.807) is 53.1 Å². The summed E-state index contributed by atoms with van der Waals surface area (Å²) in [5, 5.41) is 1.04. The summed E-state index contributed by atoms with van der Waals surface area (Å²) in [6, 6.07) is 11.7. The van der Waals surface area contributed by atoms with Gasteiger partial charge in [-0.05, 0) is 37.1 Å². The fourth-order valence-electron chi connectivity index (χ4n) is 3.78. The molecule has 1 unspecified atom stereocenters. The molecule has 1 amide bonds. The second kappa shape index (κ2) is 9.49. The van der Waals surface area contributed by atoms with Gasteiger partial charge in [0.15, 0.2) is 4.80 Å². The highest BCUT2D eigenvalue weighted by Crippen LogP contribution is 2.32. The molecule has 10 heteroatoms. The molecule has 6 nitrogen and oxygen atoms in total. The van der Waals surface area contributed by atoms with Crippen LogP contribution in [0.5, 0.6) is 0 Å². The van der Waals surface area contributed by atoms with Crippen molar-refractivity contribution in [1.82, 2.24) is 8.87 Å². The SMILES string of the molecule is C=CCn1c(=NC(=O)C2CCCN(S(=O)(=O)c3ccccc3)C2)sc2c(Cl)ccc(Cl)c21. The molecule has 32 heavy (non-hydrogen) atoms. The summed E-state index contributed by atoms with van der Waals surface area (Å²) in [5.74, 6) is -0.870. The Hall–Kier alpha value is -1.97. The molecule has 0 saturated carbocycles. The summed E-state index contributed by atoms with van der Waals surface area (Å²) in [5.41, 5.74) is 0.701. The number of carbonyl (C=O) groups is 1. The van der Waals surface area contributed by atoms with Gasteiger partial charge in [-0.2, -0.15) is 9.30 Å². The predicted molar refractivity (Wildman–Crippen MR) is 129 cm³/mol. The van der Waals surface area contributed by atoms with Crippen LogP contribution in [0.15, 0.2) is 65.0 Å². The van der Waals surface area contributed by atoms with Crippen LogP contribution < -0.4 is 4.80 Å². The number of aromatic nitrogens is 1. The minimum atomic E-state index is -3.66. The fourth-order valence-corrected chi connectivity index (χ4v) is 6.99. The molecule has 0 N–H and O–H groups in total. The number of piperidine rings is 1. The molecule has 0 spiro atoms. The molecule has 1 atom stereocenters. The summed E-state index contributed by atoms with van der Waals surface area (Å²) in [6.07, 6.45) is 2.87. The molecule has 1 saturated heterocycles. The lowest BCUT2D eigenvalue weighted by molar-refractivity contribution is -0.122. The number of hydrogen-bond acceptors (Lipinski definition) is 4. The zero-order valence-electron chi connectivity index (χ0n) is 17.1. The maximum atomic E-state index is 13.1. The van der Waals surface area contributed by atoms with Crippen molar-refractivity contribution < 1.29 is 13.2 Å². The number of halogens is 2. The minimum Gasteiger partial charge on any atom is -0.311 e. The van der Waals surface area contributed by atoms with E-state index in [0.717, 1.165) is 4.70 Å². The van der Waals surface area contributed by atoms with E-state index in [-0.39, 0.29) is 17.3 Å². The van der Waals surface area contributed by atoms with Gasteiger partial charge in [0.25, 0.3) is 5.91 Å². The number of fused-ring (bicyclic) bond motifs is 1. The van der Waals surface area contributed by atoms with Crippen LogP contribution in [0.2, 0.25) is 10.0 Å². The fraction of sp³-hybridized carbons (Fsp3) is 0.273. The first-order valence-electron chi connectivity index (χ1n) is 10.0. The van der Waals surface area contributed by atoms with Crippen molar-refractivity contribution in [1.29, 1.82) is 0 Å². The highest BCUT2D eigenvalue weighted by Gasteiger charge is 2.33. The third-order valence-electron chi connectivity index (χ3n) is 5.36. The average molecular weight is 510 g/mol. The Morgan fingerprint density at radius 3 is 2.62 bits per heavy atom. The van der Waals surface area contributed by atoms with Crippen LogP contribution in [-0.2, 0) is 21.4 Å². The number of nitrogens with zero attached hydrogens (tertiary/aromatic N) is 3. The van der Waals surface area contributed by atoms with Gasteiger partial charge in [-0.25, -0.2) is 8.42 Å². The lowest BCUT2D eigenvalue weighted by atomic mass is 9.99. The molecule has 168 valence electrons.